The van der Waals surface area contributed by atoms with Gasteiger partial charge in [-0.15, -0.1) is 0 Å². The lowest BCUT2D eigenvalue weighted by atomic mass is 10.0. The van der Waals surface area contributed by atoms with Crippen LogP contribution in [0.15, 0.2) is 0 Å². The maximum Gasteiger partial charge on any atom is 0.246 e. The van der Waals surface area contributed by atoms with Crippen molar-refractivity contribution in [2.24, 2.45) is 0 Å². The summed E-state index contributed by atoms with van der Waals surface area (Å²) in [5.74, 6) is -0.128. The highest BCUT2D eigenvalue weighted by Gasteiger charge is 2.38. The first-order chi connectivity index (χ1) is 8.09. The Morgan fingerprint density at radius 3 is 2.71 bits per heavy atom. The van der Waals surface area contributed by atoms with Crippen molar-refractivity contribution in [3.63, 3.8) is 0 Å². The summed E-state index contributed by atoms with van der Waals surface area (Å²) in [6.07, 6.45) is 3.99. The van der Waals surface area contributed by atoms with Gasteiger partial charge in [0.2, 0.25) is 11.8 Å². The first-order valence-corrected chi connectivity index (χ1v) is 6.33. The van der Waals surface area contributed by atoms with E-state index in [-0.39, 0.29) is 17.9 Å². The average molecular weight is 239 g/mol. The van der Waals surface area contributed by atoms with E-state index in [1.54, 1.807) is 7.05 Å². The molecule has 2 unspecified atom stereocenters. The Morgan fingerprint density at radius 1 is 1.41 bits per heavy atom. The smallest absolute Gasteiger partial charge is 0.246 e. The Labute approximate surface area is 102 Å². The third-order valence-electron chi connectivity index (χ3n) is 3.81. The molecule has 0 saturated carbocycles. The number of imide groups is 1. The fraction of sp³-hybridized carbons (Fsp3) is 0.833. The van der Waals surface area contributed by atoms with Gasteiger partial charge in [-0.2, -0.15) is 0 Å². The molecular formula is C12H21N3O2. The number of likely N-dealkylation sites (tertiary alicyclic amines) is 1. The van der Waals surface area contributed by atoms with Gasteiger partial charge in [0.15, 0.2) is 0 Å². The van der Waals surface area contributed by atoms with Gasteiger partial charge in [0, 0.05) is 19.6 Å². The number of hydrogen-bond donors (Lipinski definition) is 1. The number of rotatable bonds is 3. The largest absolute Gasteiger partial charge is 0.313 e. The number of nitrogens with one attached hydrogen (secondary N) is 1. The quantitative estimate of drug-likeness (QED) is 0.694. The SMILES string of the molecule is CN1C(=O)CC(N(C)CC2CCCCN2)C1=O. The van der Waals surface area contributed by atoms with E-state index >= 15 is 0 Å². The van der Waals surface area contributed by atoms with Gasteiger partial charge in [-0.25, -0.2) is 0 Å². The zero-order chi connectivity index (χ0) is 12.4. The van der Waals surface area contributed by atoms with Crippen LogP contribution in [0.5, 0.6) is 0 Å². The molecule has 2 heterocycles. The second kappa shape index (κ2) is 5.14. The zero-order valence-electron chi connectivity index (χ0n) is 10.6. The monoisotopic (exact) mass is 239 g/mol. The lowest BCUT2D eigenvalue weighted by Crippen LogP contribution is -2.47. The first-order valence-electron chi connectivity index (χ1n) is 6.33. The molecule has 17 heavy (non-hydrogen) atoms. The molecule has 0 bridgehead atoms. The molecule has 2 fully saturated rings. The zero-order valence-corrected chi connectivity index (χ0v) is 10.6. The maximum absolute atomic E-state index is 11.8. The normalized spacial score (nSPS) is 30.4. The highest BCUT2D eigenvalue weighted by molar-refractivity contribution is 6.05. The topological polar surface area (TPSA) is 52.7 Å². The van der Waals surface area contributed by atoms with Gasteiger partial charge in [-0.05, 0) is 26.4 Å². The predicted molar refractivity (Wildman–Crippen MR) is 64.5 cm³/mol. The van der Waals surface area contributed by atoms with Crippen LogP contribution in [0.2, 0.25) is 0 Å². The Balaban J connectivity index is 1.89. The van der Waals surface area contributed by atoms with Crippen molar-refractivity contribution >= 4 is 11.8 Å². The molecule has 0 aromatic heterocycles. The molecule has 0 aromatic carbocycles. The van der Waals surface area contributed by atoms with Gasteiger partial charge >= 0.3 is 0 Å². The number of likely N-dealkylation sites (N-methyl/N-ethyl adjacent to an activating group) is 2. The summed E-state index contributed by atoms with van der Waals surface area (Å²) in [6, 6.07) is 0.207. The van der Waals surface area contributed by atoms with Crippen LogP contribution >= 0.6 is 0 Å². The Kier molecular flexibility index (Phi) is 3.79. The van der Waals surface area contributed by atoms with E-state index in [4.69, 9.17) is 0 Å². The van der Waals surface area contributed by atoms with E-state index in [0.29, 0.717) is 12.5 Å². The van der Waals surface area contributed by atoms with Gasteiger partial charge in [0.1, 0.15) is 0 Å². The molecule has 0 aliphatic carbocycles. The van der Waals surface area contributed by atoms with Crippen molar-refractivity contribution in [2.45, 2.75) is 37.8 Å². The highest BCUT2D eigenvalue weighted by atomic mass is 16.2. The summed E-state index contributed by atoms with van der Waals surface area (Å²) in [5, 5.41) is 3.46. The van der Waals surface area contributed by atoms with Crippen LogP contribution in [0.25, 0.3) is 0 Å². The van der Waals surface area contributed by atoms with Crippen LogP contribution in [0.3, 0.4) is 0 Å². The summed E-state index contributed by atoms with van der Waals surface area (Å²) in [6.45, 7) is 1.91. The van der Waals surface area contributed by atoms with Crippen molar-refractivity contribution in [3.8, 4) is 0 Å². The summed E-state index contributed by atoms with van der Waals surface area (Å²) in [7, 11) is 3.50. The third-order valence-corrected chi connectivity index (χ3v) is 3.81. The Morgan fingerprint density at radius 2 is 2.18 bits per heavy atom. The molecule has 5 heteroatoms. The molecule has 2 atom stereocenters. The summed E-state index contributed by atoms with van der Waals surface area (Å²) < 4.78 is 0. The van der Waals surface area contributed by atoms with E-state index in [1.165, 1.54) is 17.7 Å². The minimum Gasteiger partial charge on any atom is -0.313 e. The summed E-state index contributed by atoms with van der Waals surface area (Å²) >= 11 is 0. The van der Waals surface area contributed by atoms with Crippen molar-refractivity contribution in [1.82, 2.24) is 15.1 Å². The number of carbonyl (C=O) groups excluding carboxylic acids is 2. The molecule has 1 N–H and O–H groups in total. The van der Waals surface area contributed by atoms with E-state index < -0.39 is 0 Å². The van der Waals surface area contributed by atoms with Crippen molar-refractivity contribution < 1.29 is 9.59 Å². The molecule has 0 aromatic rings. The van der Waals surface area contributed by atoms with E-state index in [9.17, 15) is 9.59 Å². The maximum atomic E-state index is 11.8. The number of carbonyl (C=O) groups is 2. The fourth-order valence-corrected chi connectivity index (χ4v) is 2.64. The van der Waals surface area contributed by atoms with E-state index in [2.05, 4.69) is 5.32 Å². The van der Waals surface area contributed by atoms with Crippen LogP contribution in [0.1, 0.15) is 25.7 Å². The number of hydrogen-bond acceptors (Lipinski definition) is 4. The first kappa shape index (κ1) is 12.5. The lowest BCUT2D eigenvalue weighted by Gasteiger charge is -2.30. The minimum absolute atomic E-state index is 0.0618. The van der Waals surface area contributed by atoms with Gasteiger partial charge in [0.25, 0.3) is 0 Å². The fourth-order valence-electron chi connectivity index (χ4n) is 2.64. The van der Waals surface area contributed by atoms with Gasteiger partial charge in [-0.1, -0.05) is 6.42 Å². The molecule has 0 radical (unpaired) electrons. The van der Waals surface area contributed by atoms with Crippen LogP contribution in [-0.4, -0.2) is 60.9 Å². The Bertz CT molecular complexity index is 313. The van der Waals surface area contributed by atoms with Gasteiger partial charge in [-0.3, -0.25) is 19.4 Å². The number of amides is 2. The molecule has 2 rings (SSSR count). The second-order valence-electron chi connectivity index (χ2n) is 5.10. The third kappa shape index (κ3) is 2.66. The number of nitrogens with zero attached hydrogens (tertiary/aromatic N) is 2. The van der Waals surface area contributed by atoms with Crippen LogP contribution in [0.4, 0.5) is 0 Å². The molecule has 5 nitrogen and oxygen atoms in total. The Hall–Kier alpha value is -0.940. The average Bonchev–Trinajstić information content (AvgIpc) is 2.58. The second-order valence-corrected chi connectivity index (χ2v) is 5.10. The molecule has 2 saturated heterocycles. The molecule has 96 valence electrons. The van der Waals surface area contributed by atoms with Gasteiger partial charge < -0.3 is 5.32 Å². The van der Waals surface area contributed by atoms with Crippen molar-refractivity contribution in [3.05, 3.63) is 0 Å². The van der Waals surface area contributed by atoms with Crippen molar-refractivity contribution in [1.29, 1.82) is 0 Å². The lowest BCUT2D eigenvalue weighted by molar-refractivity contribution is -0.137. The van der Waals surface area contributed by atoms with E-state index in [1.807, 2.05) is 11.9 Å². The van der Waals surface area contributed by atoms with Crippen molar-refractivity contribution in [2.75, 3.05) is 27.2 Å². The molecule has 2 aliphatic rings. The minimum atomic E-state index is -0.253. The molecular weight excluding hydrogens is 218 g/mol. The molecule has 0 spiro atoms. The molecule has 2 amide bonds. The van der Waals surface area contributed by atoms with E-state index in [0.717, 1.165) is 19.5 Å². The van der Waals surface area contributed by atoms with Crippen LogP contribution in [0, 0.1) is 0 Å². The summed E-state index contributed by atoms with van der Waals surface area (Å²) in [5.41, 5.74) is 0. The van der Waals surface area contributed by atoms with Crippen LogP contribution < -0.4 is 5.32 Å². The van der Waals surface area contributed by atoms with Gasteiger partial charge in [0.05, 0.1) is 12.5 Å². The molecule has 2 aliphatic heterocycles. The predicted octanol–water partition coefficient (Wildman–Crippen LogP) is -0.182. The van der Waals surface area contributed by atoms with Crippen LogP contribution in [-0.2, 0) is 9.59 Å². The number of piperidine rings is 1. The highest BCUT2D eigenvalue weighted by Crippen LogP contribution is 2.17. The standard InChI is InChI=1S/C12H21N3O2/c1-14(8-9-5-3-4-6-13-9)10-7-11(16)15(2)12(10)17/h9-10,13H,3-8H2,1-2H3. The summed E-state index contributed by atoms with van der Waals surface area (Å²) in [4.78, 5) is 26.6.